The SMILES string of the molecule is C=NC(=NC)c1ccccn1. The van der Waals surface area contributed by atoms with Crippen LogP contribution >= 0.6 is 0 Å². The molecule has 0 aliphatic carbocycles. The first-order valence-electron chi connectivity index (χ1n) is 3.23. The summed E-state index contributed by atoms with van der Waals surface area (Å²) >= 11 is 0. The fourth-order valence-electron chi connectivity index (χ4n) is 0.761. The fraction of sp³-hybridized carbons (Fsp3) is 0.125. The maximum Gasteiger partial charge on any atom is 0.172 e. The van der Waals surface area contributed by atoms with E-state index < -0.39 is 0 Å². The van der Waals surface area contributed by atoms with Gasteiger partial charge in [-0.05, 0) is 18.9 Å². The van der Waals surface area contributed by atoms with Crippen LogP contribution in [0, 0.1) is 0 Å². The van der Waals surface area contributed by atoms with E-state index in [2.05, 4.69) is 21.7 Å². The van der Waals surface area contributed by atoms with Crippen molar-refractivity contribution in [2.24, 2.45) is 9.98 Å². The molecule has 1 aromatic rings. The molecule has 0 aromatic carbocycles. The van der Waals surface area contributed by atoms with E-state index in [1.807, 2.05) is 18.2 Å². The third-order valence-corrected chi connectivity index (χ3v) is 1.26. The molecule has 0 radical (unpaired) electrons. The average Bonchev–Trinajstić information content (AvgIpc) is 2.09. The molecule has 0 N–H and O–H groups in total. The first kappa shape index (κ1) is 7.60. The number of hydrogen-bond donors (Lipinski definition) is 0. The monoisotopic (exact) mass is 147 g/mol. The highest BCUT2D eigenvalue weighted by Crippen LogP contribution is 1.96. The first-order valence-corrected chi connectivity index (χ1v) is 3.23. The Morgan fingerprint density at radius 2 is 2.36 bits per heavy atom. The van der Waals surface area contributed by atoms with Crippen molar-refractivity contribution in [3.63, 3.8) is 0 Å². The van der Waals surface area contributed by atoms with Crippen LogP contribution in [0.4, 0.5) is 0 Å². The van der Waals surface area contributed by atoms with Crippen LogP contribution in [0.5, 0.6) is 0 Å². The van der Waals surface area contributed by atoms with Crippen molar-refractivity contribution in [2.75, 3.05) is 7.05 Å². The van der Waals surface area contributed by atoms with Gasteiger partial charge in [-0.3, -0.25) is 9.98 Å². The third kappa shape index (κ3) is 1.70. The van der Waals surface area contributed by atoms with Crippen molar-refractivity contribution >= 4 is 12.6 Å². The summed E-state index contributed by atoms with van der Waals surface area (Å²) in [5.41, 5.74) is 0.755. The summed E-state index contributed by atoms with van der Waals surface area (Å²) in [6.07, 6.45) is 1.70. The minimum absolute atomic E-state index is 0.575. The van der Waals surface area contributed by atoms with E-state index in [0.29, 0.717) is 5.84 Å². The summed E-state index contributed by atoms with van der Waals surface area (Å²) in [4.78, 5) is 11.7. The van der Waals surface area contributed by atoms with Gasteiger partial charge in [0.1, 0.15) is 5.69 Å². The minimum Gasteiger partial charge on any atom is -0.268 e. The summed E-state index contributed by atoms with van der Waals surface area (Å²) in [5.74, 6) is 0.575. The summed E-state index contributed by atoms with van der Waals surface area (Å²) in [6.45, 7) is 3.39. The molecular weight excluding hydrogens is 138 g/mol. The van der Waals surface area contributed by atoms with Crippen molar-refractivity contribution in [3.8, 4) is 0 Å². The molecule has 1 aromatic heterocycles. The molecule has 3 nitrogen and oxygen atoms in total. The Bertz CT molecular complexity index is 264. The van der Waals surface area contributed by atoms with E-state index in [-0.39, 0.29) is 0 Å². The van der Waals surface area contributed by atoms with Crippen LogP contribution < -0.4 is 0 Å². The highest BCUT2D eigenvalue weighted by molar-refractivity contribution is 5.99. The fourth-order valence-corrected chi connectivity index (χ4v) is 0.761. The van der Waals surface area contributed by atoms with Crippen LogP contribution in [0.3, 0.4) is 0 Å². The lowest BCUT2D eigenvalue weighted by Crippen LogP contribution is -1.98. The second-order valence-corrected chi connectivity index (χ2v) is 1.92. The van der Waals surface area contributed by atoms with Gasteiger partial charge in [0.2, 0.25) is 0 Å². The molecule has 0 aliphatic heterocycles. The highest BCUT2D eigenvalue weighted by Gasteiger charge is 1.97. The average molecular weight is 147 g/mol. The summed E-state index contributed by atoms with van der Waals surface area (Å²) in [6, 6.07) is 5.58. The number of aliphatic imine (C=N–C) groups is 2. The van der Waals surface area contributed by atoms with E-state index in [0.717, 1.165) is 5.69 Å². The molecule has 3 heteroatoms. The number of pyridine rings is 1. The predicted molar refractivity (Wildman–Crippen MR) is 46.2 cm³/mol. The predicted octanol–water partition coefficient (Wildman–Crippen LogP) is 1.16. The van der Waals surface area contributed by atoms with Gasteiger partial charge in [-0.15, -0.1) is 0 Å². The molecule has 0 atom stereocenters. The van der Waals surface area contributed by atoms with Gasteiger partial charge >= 0.3 is 0 Å². The highest BCUT2D eigenvalue weighted by atomic mass is 14.9. The molecule has 56 valence electrons. The summed E-state index contributed by atoms with van der Waals surface area (Å²) < 4.78 is 0. The molecule has 11 heavy (non-hydrogen) atoms. The van der Waals surface area contributed by atoms with Gasteiger partial charge < -0.3 is 0 Å². The normalized spacial score (nSPS) is 11.2. The van der Waals surface area contributed by atoms with Crippen molar-refractivity contribution in [3.05, 3.63) is 30.1 Å². The maximum absolute atomic E-state index is 4.06. The maximum atomic E-state index is 4.06. The second kappa shape index (κ2) is 3.61. The lowest BCUT2D eigenvalue weighted by Gasteiger charge is -1.95. The number of hydrogen-bond acceptors (Lipinski definition) is 2. The Morgan fingerprint density at radius 3 is 2.82 bits per heavy atom. The van der Waals surface area contributed by atoms with Crippen LogP contribution in [0.1, 0.15) is 5.69 Å². The second-order valence-electron chi connectivity index (χ2n) is 1.92. The van der Waals surface area contributed by atoms with E-state index >= 15 is 0 Å². The van der Waals surface area contributed by atoms with Crippen LogP contribution in [0.25, 0.3) is 0 Å². The molecule has 0 bridgehead atoms. The standard InChI is InChI=1S/C8H9N3/c1-9-8(10-2)7-5-3-4-6-11-7/h3-6H,1H2,2H3. The van der Waals surface area contributed by atoms with E-state index in [1.54, 1.807) is 13.2 Å². The van der Waals surface area contributed by atoms with Crippen molar-refractivity contribution < 1.29 is 0 Å². The number of aromatic nitrogens is 1. The van der Waals surface area contributed by atoms with Crippen molar-refractivity contribution in [1.29, 1.82) is 0 Å². The van der Waals surface area contributed by atoms with Crippen LogP contribution in [0.2, 0.25) is 0 Å². The Kier molecular flexibility index (Phi) is 2.49. The number of amidine groups is 1. The van der Waals surface area contributed by atoms with Crippen molar-refractivity contribution in [2.45, 2.75) is 0 Å². The summed E-state index contributed by atoms with van der Waals surface area (Å²) in [7, 11) is 1.67. The van der Waals surface area contributed by atoms with E-state index in [9.17, 15) is 0 Å². The lowest BCUT2D eigenvalue weighted by atomic mass is 10.3. The zero-order valence-corrected chi connectivity index (χ0v) is 6.36. The smallest absolute Gasteiger partial charge is 0.172 e. The minimum atomic E-state index is 0.575. The number of nitrogens with zero attached hydrogens (tertiary/aromatic N) is 3. The van der Waals surface area contributed by atoms with Gasteiger partial charge in [0, 0.05) is 13.2 Å². The van der Waals surface area contributed by atoms with Gasteiger partial charge in [0.25, 0.3) is 0 Å². The molecule has 0 amide bonds. The molecule has 0 saturated heterocycles. The molecule has 0 aliphatic rings. The molecular formula is C8H9N3. The lowest BCUT2D eigenvalue weighted by molar-refractivity contribution is 1.26. The molecule has 0 saturated carbocycles. The van der Waals surface area contributed by atoms with Gasteiger partial charge in [-0.2, -0.15) is 0 Å². The Balaban J connectivity index is 3.01. The zero-order chi connectivity index (χ0) is 8.10. The van der Waals surface area contributed by atoms with E-state index in [1.165, 1.54) is 0 Å². The topological polar surface area (TPSA) is 37.6 Å². The van der Waals surface area contributed by atoms with Crippen LogP contribution in [-0.2, 0) is 0 Å². The molecule has 0 fully saturated rings. The first-order chi connectivity index (χ1) is 5.38. The van der Waals surface area contributed by atoms with Gasteiger partial charge in [0.05, 0.1) is 0 Å². The van der Waals surface area contributed by atoms with Crippen molar-refractivity contribution in [1.82, 2.24) is 4.98 Å². The van der Waals surface area contributed by atoms with Gasteiger partial charge in [-0.25, -0.2) is 4.99 Å². The van der Waals surface area contributed by atoms with Crippen LogP contribution in [-0.4, -0.2) is 24.6 Å². The van der Waals surface area contributed by atoms with Gasteiger partial charge in [-0.1, -0.05) is 6.07 Å². The third-order valence-electron chi connectivity index (χ3n) is 1.26. The Morgan fingerprint density at radius 1 is 1.55 bits per heavy atom. The quantitative estimate of drug-likeness (QED) is 0.434. The molecule has 0 spiro atoms. The Hall–Kier alpha value is -1.51. The van der Waals surface area contributed by atoms with Gasteiger partial charge in [0.15, 0.2) is 5.84 Å². The molecule has 0 unspecified atom stereocenters. The molecule has 1 rings (SSSR count). The Labute approximate surface area is 65.5 Å². The van der Waals surface area contributed by atoms with E-state index in [4.69, 9.17) is 0 Å². The zero-order valence-electron chi connectivity index (χ0n) is 6.36. The number of rotatable bonds is 1. The largest absolute Gasteiger partial charge is 0.268 e. The molecule has 1 heterocycles. The summed E-state index contributed by atoms with van der Waals surface area (Å²) in [5, 5.41) is 0. The van der Waals surface area contributed by atoms with Crippen LogP contribution in [0.15, 0.2) is 34.4 Å².